The zero-order chi connectivity index (χ0) is 18.3. The molecule has 0 aliphatic heterocycles. The van der Waals surface area contributed by atoms with Gasteiger partial charge in [0.05, 0.1) is 0 Å². The van der Waals surface area contributed by atoms with Gasteiger partial charge >= 0.3 is 37.3 Å². The number of aromatic nitrogens is 2. The summed E-state index contributed by atoms with van der Waals surface area (Å²) < 4.78 is 123. The van der Waals surface area contributed by atoms with E-state index >= 15 is 0 Å². The van der Waals surface area contributed by atoms with Crippen molar-refractivity contribution in [1.82, 2.24) is 9.97 Å². The van der Waals surface area contributed by atoms with Crippen LogP contribution < -0.4 is 8.37 Å². The van der Waals surface area contributed by atoms with Gasteiger partial charge in [0.2, 0.25) is 5.88 Å². The van der Waals surface area contributed by atoms with Crippen molar-refractivity contribution in [3.05, 3.63) is 11.8 Å². The van der Waals surface area contributed by atoms with E-state index in [1.54, 1.807) is 0 Å². The molecule has 0 atom stereocenters. The first-order chi connectivity index (χ1) is 10.1. The van der Waals surface area contributed by atoms with Crippen LogP contribution in [0.1, 0.15) is 5.56 Å². The normalized spacial score (nSPS) is 13.7. The third kappa shape index (κ3) is 4.34. The SMILES string of the molecule is Cc1cnc(OS(=O)(=O)C(F)(F)F)nc1OS(=O)(=O)C(F)(F)F. The van der Waals surface area contributed by atoms with Crippen LogP contribution in [0.2, 0.25) is 0 Å². The van der Waals surface area contributed by atoms with Crippen LogP contribution >= 0.6 is 0 Å². The lowest BCUT2D eigenvalue weighted by molar-refractivity contribution is -0.0503. The molecule has 16 heteroatoms. The molecule has 0 aromatic carbocycles. The Morgan fingerprint density at radius 3 is 1.78 bits per heavy atom. The molecule has 1 aromatic heterocycles. The van der Waals surface area contributed by atoms with E-state index in [1.165, 1.54) is 0 Å². The maximum absolute atomic E-state index is 12.1. The summed E-state index contributed by atoms with van der Waals surface area (Å²) in [6.45, 7) is 0.948. The number of alkyl halides is 6. The van der Waals surface area contributed by atoms with Crippen LogP contribution in [-0.4, -0.2) is 37.8 Å². The molecule has 0 aliphatic rings. The molecule has 8 nitrogen and oxygen atoms in total. The number of rotatable bonds is 4. The molecular weight excluding hydrogens is 386 g/mol. The molecule has 0 saturated heterocycles. The van der Waals surface area contributed by atoms with Crippen LogP contribution in [0.4, 0.5) is 26.3 Å². The predicted molar refractivity (Wildman–Crippen MR) is 58.0 cm³/mol. The van der Waals surface area contributed by atoms with Gasteiger partial charge in [0.25, 0.3) is 0 Å². The Kier molecular flexibility index (Phi) is 4.73. The fourth-order valence-electron chi connectivity index (χ4n) is 0.832. The molecule has 1 aromatic rings. The second-order valence-electron chi connectivity index (χ2n) is 3.61. The largest absolute Gasteiger partial charge is 0.534 e. The van der Waals surface area contributed by atoms with E-state index < -0.39 is 48.7 Å². The molecule has 0 unspecified atom stereocenters. The molecule has 0 aliphatic carbocycles. The molecule has 0 N–H and O–H groups in total. The lowest BCUT2D eigenvalue weighted by Gasteiger charge is -2.11. The van der Waals surface area contributed by atoms with E-state index in [1.807, 2.05) is 0 Å². The summed E-state index contributed by atoms with van der Waals surface area (Å²) in [5, 5.41) is 0. The van der Waals surface area contributed by atoms with Gasteiger partial charge in [-0.1, -0.05) is 0 Å². The van der Waals surface area contributed by atoms with Crippen LogP contribution in [0.25, 0.3) is 0 Å². The van der Waals surface area contributed by atoms with Gasteiger partial charge in [-0.05, 0) is 6.92 Å². The Labute approximate surface area is 124 Å². The molecule has 0 spiro atoms. The Morgan fingerprint density at radius 1 is 0.913 bits per heavy atom. The van der Waals surface area contributed by atoms with Crippen molar-refractivity contribution in [3.63, 3.8) is 0 Å². The summed E-state index contributed by atoms with van der Waals surface area (Å²) in [5.74, 6) is -1.36. The van der Waals surface area contributed by atoms with Crippen molar-refractivity contribution in [2.24, 2.45) is 0 Å². The first kappa shape index (κ1) is 19.2. The Bertz CT molecular complexity index is 800. The monoisotopic (exact) mass is 390 g/mol. The average molecular weight is 390 g/mol. The zero-order valence-electron chi connectivity index (χ0n) is 10.5. The zero-order valence-corrected chi connectivity index (χ0v) is 12.1. The topological polar surface area (TPSA) is 113 Å². The third-order valence-electron chi connectivity index (χ3n) is 1.84. The van der Waals surface area contributed by atoms with Crippen molar-refractivity contribution < 1.29 is 51.5 Å². The summed E-state index contributed by atoms with van der Waals surface area (Å²) in [5.41, 5.74) is -12.2. The number of halogens is 6. The number of hydrogen-bond acceptors (Lipinski definition) is 8. The third-order valence-corrected chi connectivity index (χ3v) is 3.72. The predicted octanol–water partition coefficient (Wildman–Crippen LogP) is 1.24. The minimum Gasteiger partial charge on any atom is -0.355 e. The lowest BCUT2D eigenvalue weighted by atomic mass is 10.4. The molecule has 0 amide bonds. The molecular formula is C7H4F6N2O6S2. The van der Waals surface area contributed by atoms with Crippen molar-refractivity contribution >= 4 is 20.2 Å². The van der Waals surface area contributed by atoms with Crippen LogP contribution in [-0.2, 0) is 20.2 Å². The van der Waals surface area contributed by atoms with E-state index in [4.69, 9.17) is 0 Å². The van der Waals surface area contributed by atoms with Crippen LogP contribution in [0.15, 0.2) is 6.20 Å². The average Bonchev–Trinajstić information content (AvgIpc) is 2.29. The van der Waals surface area contributed by atoms with E-state index in [2.05, 4.69) is 18.3 Å². The molecule has 0 radical (unpaired) electrons. The van der Waals surface area contributed by atoms with E-state index in [-0.39, 0.29) is 0 Å². The smallest absolute Gasteiger partial charge is 0.355 e. The highest BCUT2D eigenvalue weighted by Gasteiger charge is 2.50. The summed E-state index contributed by atoms with van der Waals surface area (Å²) in [6.07, 6.45) is 0.495. The molecule has 0 saturated carbocycles. The van der Waals surface area contributed by atoms with E-state index in [9.17, 15) is 43.2 Å². The molecule has 0 bridgehead atoms. The highest BCUT2D eigenvalue weighted by atomic mass is 32.2. The Morgan fingerprint density at radius 2 is 1.35 bits per heavy atom. The van der Waals surface area contributed by atoms with Crippen LogP contribution in [0, 0.1) is 6.92 Å². The Balaban J connectivity index is 3.21. The quantitative estimate of drug-likeness (QED) is 0.429. The minimum atomic E-state index is -6.20. The summed E-state index contributed by atoms with van der Waals surface area (Å²) in [4.78, 5) is 5.72. The van der Waals surface area contributed by atoms with Gasteiger partial charge in [-0.3, -0.25) is 0 Å². The first-order valence-electron chi connectivity index (χ1n) is 4.92. The first-order valence-corrected chi connectivity index (χ1v) is 7.73. The fraction of sp³-hybridized carbons (Fsp3) is 0.429. The molecule has 132 valence electrons. The van der Waals surface area contributed by atoms with Gasteiger partial charge in [-0.15, -0.1) is 0 Å². The van der Waals surface area contributed by atoms with Gasteiger partial charge in [0.1, 0.15) is 0 Å². The van der Waals surface area contributed by atoms with Gasteiger partial charge in [0, 0.05) is 11.8 Å². The second-order valence-corrected chi connectivity index (χ2v) is 6.68. The van der Waals surface area contributed by atoms with Crippen LogP contribution in [0.5, 0.6) is 11.9 Å². The highest BCUT2D eigenvalue weighted by molar-refractivity contribution is 7.88. The maximum atomic E-state index is 12.1. The Hall–Kier alpha value is -1.84. The van der Waals surface area contributed by atoms with Crippen LogP contribution in [0.3, 0.4) is 0 Å². The van der Waals surface area contributed by atoms with Crippen molar-refractivity contribution in [1.29, 1.82) is 0 Å². The summed E-state index contributed by atoms with van der Waals surface area (Å²) >= 11 is 0. The fourth-order valence-corrected chi connectivity index (χ4v) is 1.67. The molecule has 23 heavy (non-hydrogen) atoms. The van der Waals surface area contributed by atoms with E-state index in [0.29, 0.717) is 6.20 Å². The molecule has 1 rings (SSSR count). The molecule has 1 heterocycles. The molecule has 0 fully saturated rings. The number of aryl methyl sites for hydroxylation is 1. The standard InChI is InChI=1S/C7H4F6N2O6S2/c1-3-2-14-5(21-23(18,19)7(11,12)13)15-4(3)20-22(16,17)6(8,9)10/h2H,1H3. The number of nitrogens with zero attached hydrogens (tertiary/aromatic N) is 2. The summed E-state index contributed by atoms with van der Waals surface area (Å²) in [6, 6.07) is -1.58. The van der Waals surface area contributed by atoms with E-state index in [0.717, 1.165) is 6.92 Å². The highest BCUT2D eigenvalue weighted by Crippen LogP contribution is 2.29. The van der Waals surface area contributed by atoms with Gasteiger partial charge in [-0.2, -0.15) is 48.2 Å². The van der Waals surface area contributed by atoms with Crippen molar-refractivity contribution in [2.75, 3.05) is 0 Å². The van der Waals surface area contributed by atoms with Crippen molar-refractivity contribution in [3.8, 4) is 11.9 Å². The van der Waals surface area contributed by atoms with Gasteiger partial charge < -0.3 is 8.37 Å². The number of hydrogen-bond donors (Lipinski definition) is 0. The summed E-state index contributed by atoms with van der Waals surface area (Å²) in [7, 11) is -12.4. The van der Waals surface area contributed by atoms with Gasteiger partial charge in [0.15, 0.2) is 0 Å². The maximum Gasteiger partial charge on any atom is 0.534 e. The lowest BCUT2D eigenvalue weighted by Crippen LogP contribution is -2.30. The van der Waals surface area contributed by atoms with Crippen molar-refractivity contribution in [2.45, 2.75) is 17.9 Å². The second kappa shape index (κ2) is 5.66. The minimum absolute atomic E-state index is 0.449. The van der Waals surface area contributed by atoms with Gasteiger partial charge in [-0.25, -0.2) is 4.98 Å².